The number of methoxy groups -OCH3 is 1. The molecule has 152 valence electrons. The number of benzene rings is 2. The van der Waals surface area contributed by atoms with Crippen molar-refractivity contribution in [2.45, 2.75) is 19.4 Å². The number of hydrogen-bond acceptors (Lipinski definition) is 5. The Morgan fingerprint density at radius 2 is 1.68 bits per heavy atom. The van der Waals surface area contributed by atoms with Crippen molar-refractivity contribution in [1.29, 1.82) is 0 Å². The molecule has 2 aromatic carbocycles. The number of rotatable bonds is 10. The van der Waals surface area contributed by atoms with Gasteiger partial charge in [0, 0.05) is 20.3 Å². The molecule has 0 aliphatic carbocycles. The van der Waals surface area contributed by atoms with Gasteiger partial charge in [0.1, 0.15) is 17.5 Å². The van der Waals surface area contributed by atoms with Gasteiger partial charge >= 0.3 is 0 Å². The molecular formula is C20H26N2O5S. The van der Waals surface area contributed by atoms with E-state index in [-0.39, 0.29) is 5.91 Å². The Labute approximate surface area is 166 Å². The average Bonchev–Trinajstić information content (AvgIpc) is 2.66. The van der Waals surface area contributed by atoms with Crippen molar-refractivity contribution in [3.63, 3.8) is 0 Å². The lowest BCUT2D eigenvalue weighted by Crippen LogP contribution is -2.48. The summed E-state index contributed by atoms with van der Waals surface area (Å²) >= 11 is 0. The summed E-state index contributed by atoms with van der Waals surface area (Å²) in [5.74, 6) is 0.880. The molecule has 0 radical (unpaired) electrons. The number of hydrogen-bond donors (Lipinski definition) is 1. The lowest BCUT2D eigenvalue weighted by atomic mass is 10.2. The SMILES string of the molecule is COCCCNC(=O)[C@@H](C)N(c1ccc(Oc2ccccc2)cc1)S(C)(=O)=O. The molecule has 0 spiro atoms. The second kappa shape index (κ2) is 10.1. The lowest BCUT2D eigenvalue weighted by molar-refractivity contribution is -0.121. The summed E-state index contributed by atoms with van der Waals surface area (Å²) in [7, 11) is -2.08. The Hall–Kier alpha value is -2.58. The van der Waals surface area contributed by atoms with E-state index in [4.69, 9.17) is 9.47 Å². The van der Waals surface area contributed by atoms with Crippen molar-refractivity contribution in [2.75, 3.05) is 30.8 Å². The van der Waals surface area contributed by atoms with Crippen LogP contribution in [-0.4, -0.2) is 46.9 Å². The molecule has 28 heavy (non-hydrogen) atoms. The molecule has 0 heterocycles. The van der Waals surface area contributed by atoms with Gasteiger partial charge in [-0.25, -0.2) is 8.42 Å². The molecule has 1 amide bonds. The van der Waals surface area contributed by atoms with Gasteiger partial charge < -0.3 is 14.8 Å². The zero-order valence-corrected chi connectivity index (χ0v) is 17.1. The van der Waals surface area contributed by atoms with Gasteiger partial charge in [-0.3, -0.25) is 9.10 Å². The summed E-state index contributed by atoms with van der Waals surface area (Å²) in [5.41, 5.74) is 0.391. The first-order chi connectivity index (χ1) is 13.3. The number of anilines is 1. The number of nitrogens with one attached hydrogen (secondary N) is 1. The van der Waals surface area contributed by atoms with Crippen molar-refractivity contribution in [3.8, 4) is 11.5 Å². The predicted molar refractivity (Wildman–Crippen MR) is 109 cm³/mol. The van der Waals surface area contributed by atoms with Gasteiger partial charge in [0.05, 0.1) is 11.9 Å². The van der Waals surface area contributed by atoms with E-state index in [9.17, 15) is 13.2 Å². The Morgan fingerprint density at radius 1 is 1.07 bits per heavy atom. The fourth-order valence-corrected chi connectivity index (χ4v) is 3.85. The van der Waals surface area contributed by atoms with Crippen LogP contribution in [0.4, 0.5) is 5.69 Å². The largest absolute Gasteiger partial charge is 0.457 e. The smallest absolute Gasteiger partial charge is 0.243 e. The molecule has 1 atom stereocenters. The Bertz CT molecular complexity index is 854. The molecular weight excluding hydrogens is 380 g/mol. The van der Waals surface area contributed by atoms with Crippen molar-refractivity contribution >= 4 is 21.6 Å². The van der Waals surface area contributed by atoms with Gasteiger partial charge in [0.2, 0.25) is 15.9 Å². The van der Waals surface area contributed by atoms with Crippen molar-refractivity contribution in [2.24, 2.45) is 0 Å². The monoisotopic (exact) mass is 406 g/mol. The first-order valence-electron chi connectivity index (χ1n) is 8.92. The maximum absolute atomic E-state index is 12.4. The van der Waals surface area contributed by atoms with Gasteiger partial charge in [-0.15, -0.1) is 0 Å². The van der Waals surface area contributed by atoms with Gasteiger partial charge in [0.15, 0.2) is 0 Å². The van der Waals surface area contributed by atoms with Gasteiger partial charge in [-0.2, -0.15) is 0 Å². The number of carbonyl (C=O) groups is 1. The third kappa shape index (κ3) is 6.24. The van der Waals surface area contributed by atoms with E-state index in [1.54, 1.807) is 38.3 Å². The summed E-state index contributed by atoms with van der Waals surface area (Å²) in [6.45, 7) is 2.49. The van der Waals surface area contributed by atoms with Crippen LogP contribution in [0.2, 0.25) is 0 Å². The summed E-state index contributed by atoms with van der Waals surface area (Å²) in [6, 6.07) is 15.0. The highest BCUT2D eigenvalue weighted by Gasteiger charge is 2.28. The molecule has 0 saturated heterocycles. The first kappa shape index (κ1) is 21.7. The first-order valence-corrected chi connectivity index (χ1v) is 10.8. The van der Waals surface area contributed by atoms with Gasteiger partial charge in [-0.05, 0) is 49.7 Å². The van der Waals surface area contributed by atoms with Crippen molar-refractivity contribution in [3.05, 3.63) is 54.6 Å². The average molecular weight is 407 g/mol. The highest BCUT2D eigenvalue weighted by molar-refractivity contribution is 7.92. The fourth-order valence-electron chi connectivity index (χ4n) is 2.67. The summed E-state index contributed by atoms with van der Waals surface area (Å²) < 4.78 is 36.4. The fraction of sp³-hybridized carbons (Fsp3) is 0.350. The second-order valence-electron chi connectivity index (χ2n) is 6.28. The second-order valence-corrected chi connectivity index (χ2v) is 8.14. The number of amides is 1. The zero-order valence-electron chi connectivity index (χ0n) is 16.3. The van der Waals surface area contributed by atoms with E-state index in [2.05, 4.69) is 5.32 Å². The van der Waals surface area contributed by atoms with Crippen LogP contribution >= 0.6 is 0 Å². The van der Waals surface area contributed by atoms with E-state index in [0.717, 1.165) is 10.6 Å². The molecule has 0 saturated carbocycles. The minimum Gasteiger partial charge on any atom is -0.457 e. The van der Waals surface area contributed by atoms with Crippen LogP contribution in [0.5, 0.6) is 11.5 Å². The third-order valence-electron chi connectivity index (χ3n) is 3.98. The molecule has 0 aliphatic rings. The van der Waals surface area contributed by atoms with E-state index >= 15 is 0 Å². The third-order valence-corrected chi connectivity index (χ3v) is 5.22. The Morgan fingerprint density at radius 3 is 2.25 bits per heavy atom. The summed E-state index contributed by atoms with van der Waals surface area (Å²) in [6.07, 6.45) is 1.73. The Balaban J connectivity index is 2.13. The summed E-state index contributed by atoms with van der Waals surface area (Å²) in [4.78, 5) is 12.4. The summed E-state index contributed by atoms with van der Waals surface area (Å²) in [5, 5.41) is 2.73. The number of para-hydroxylation sites is 1. The van der Waals surface area contributed by atoms with Gasteiger partial charge in [0.25, 0.3) is 0 Å². The molecule has 2 aromatic rings. The maximum atomic E-state index is 12.4. The standard InChI is InChI=1S/C20H26N2O5S/c1-16(20(23)21-14-7-15-26-2)22(28(3,24)25)17-10-12-19(13-11-17)27-18-8-5-4-6-9-18/h4-6,8-13,16H,7,14-15H2,1-3H3,(H,21,23)/t16-/m1/s1. The highest BCUT2D eigenvalue weighted by Crippen LogP contribution is 2.26. The van der Waals surface area contributed by atoms with Crippen LogP contribution in [0.25, 0.3) is 0 Å². The normalized spacial score (nSPS) is 12.2. The quantitative estimate of drug-likeness (QED) is 0.613. The maximum Gasteiger partial charge on any atom is 0.243 e. The molecule has 0 aliphatic heterocycles. The Kier molecular flexibility index (Phi) is 7.83. The van der Waals surface area contributed by atoms with Crippen molar-refractivity contribution < 1.29 is 22.7 Å². The molecule has 0 bridgehead atoms. The van der Waals surface area contributed by atoms with Crippen LogP contribution in [0.1, 0.15) is 13.3 Å². The van der Waals surface area contributed by atoms with E-state index in [1.165, 1.54) is 0 Å². The van der Waals surface area contributed by atoms with Gasteiger partial charge in [-0.1, -0.05) is 18.2 Å². The number of carbonyl (C=O) groups excluding carboxylic acids is 1. The number of sulfonamides is 1. The predicted octanol–water partition coefficient (Wildman–Crippen LogP) is 2.79. The van der Waals surface area contributed by atoms with E-state index in [0.29, 0.717) is 36.8 Å². The minimum atomic E-state index is -3.66. The molecule has 2 rings (SSSR count). The molecule has 0 unspecified atom stereocenters. The molecule has 8 heteroatoms. The number of nitrogens with zero attached hydrogens (tertiary/aromatic N) is 1. The lowest BCUT2D eigenvalue weighted by Gasteiger charge is -2.28. The van der Waals surface area contributed by atoms with Crippen molar-refractivity contribution in [1.82, 2.24) is 5.32 Å². The molecule has 1 N–H and O–H groups in total. The van der Waals surface area contributed by atoms with Crippen LogP contribution < -0.4 is 14.4 Å². The molecule has 0 fully saturated rings. The van der Waals surface area contributed by atoms with Crippen LogP contribution in [0.15, 0.2) is 54.6 Å². The molecule has 0 aromatic heterocycles. The topological polar surface area (TPSA) is 84.9 Å². The van der Waals surface area contributed by atoms with E-state index in [1.807, 2.05) is 30.3 Å². The number of ether oxygens (including phenoxy) is 2. The van der Waals surface area contributed by atoms with E-state index < -0.39 is 16.1 Å². The molecule has 7 nitrogen and oxygen atoms in total. The minimum absolute atomic E-state index is 0.369. The van der Waals surface area contributed by atoms with Crippen LogP contribution in [-0.2, 0) is 19.6 Å². The highest BCUT2D eigenvalue weighted by atomic mass is 32.2. The van der Waals surface area contributed by atoms with Crippen LogP contribution in [0.3, 0.4) is 0 Å². The van der Waals surface area contributed by atoms with Crippen LogP contribution in [0, 0.1) is 0 Å². The zero-order chi connectivity index (χ0) is 20.6.